The second-order valence-electron chi connectivity index (χ2n) is 9.03. The maximum absolute atomic E-state index is 10.7. The summed E-state index contributed by atoms with van der Waals surface area (Å²) >= 11 is 0. The van der Waals surface area contributed by atoms with Crippen molar-refractivity contribution in [2.24, 2.45) is 10.4 Å². The van der Waals surface area contributed by atoms with Gasteiger partial charge in [-0.25, -0.2) is 4.79 Å². The summed E-state index contributed by atoms with van der Waals surface area (Å²) in [6.45, 7) is 11.9. The lowest BCUT2D eigenvalue weighted by Gasteiger charge is -2.32. The van der Waals surface area contributed by atoms with Gasteiger partial charge in [0.1, 0.15) is 0 Å². The summed E-state index contributed by atoms with van der Waals surface area (Å²) in [7, 11) is 0. The van der Waals surface area contributed by atoms with Crippen LogP contribution in [0.2, 0.25) is 0 Å². The lowest BCUT2D eigenvalue weighted by atomic mass is 9.72. The number of unbranched alkanes of at least 4 members (excludes halogenated alkanes) is 1. The van der Waals surface area contributed by atoms with Crippen LogP contribution in [0.4, 0.5) is 0 Å². The first-order valence-corrected chi connectivity index (χ1v) is 11.1. The van der Waals surface area contributed by atoms with Crippen LogP contribution < -0.4 is 5.73 Å². The van der Waals surface area contributed by atoms with Gasteiger partial charge >= 0.3 is 5.97 Å². The summed E-state index contributed by atoms with van der Waals surface area (Å²) in [5.74, 6) is -0.825. The summed E-state index contributed by atoms with van der Waals surface area (Å²) in [6, 6.07) is -0.512. The fourth-order valence-corrected chi connectivity index (χ4v) is 3.65. The third kappa shape index (κ3) is 10.0. The molecule has 0 unspecified atom stereocenters. The molecule has 0 heterocycles. The zero-order valence-electron chi connectivity index (χ0n) is 19.6. The Morgan fingerprint density at radius 1 is 1.20 bits per heavy atom. The number of carboxylic acid groups (broad SMARTS) is 1. The summed E-state index contributed by atoms with van der Waals surface area (Å²) in [5, 5.41) is 8.79. The molecule has 0 aliphatic heterocycles. The molecule has 0 aromatic carbocycles. The average Bonchev–Trinajstić information content (AvgIpc) is 2.66. The Labute approximate surface area is 183 Å². The fraction of sp³-hybridized carbons (Fsp3) is 0.538. The van der Waals surface area contributed by atoms with E-state index < -0.39 is 12.0 Å². The number of rotatable bonds is 11. The topological polar surface area (TPSA) is 77.3 Å². The second-order valence-corrected chi connectivity index (χ2v) is 9.03. The minimum absolute atomic E-state index is 0.277. The van der Waals surface area contributed by atoms with Crippen molar-refractivity contribution in [1.82, 2.24) is 0 Å². The van der Waals surface area contributed by atoms with Gasteiger partial charge < -0.3 is 10.8 Å². The van der Waals surface area contributed by atoms with Gasteiger partial charge in [-0.1, -0.05) is 55.4 Å². The lowest BCUT2D eigenvalue weighted by molar-refractivity contribution is -0.409. The van der Waals surface area contributed by atoms with Crippen LogP contribution in [0.3, 0.4) is 0 Å². The van der Waals surface area contributed by atoms with Crippen LogP contribution in [0, 0.1) is 5.41 Å². The monoisotopic (exact) mass is 413 g/mol. The maximum atomic E-state index is 10.7. The predicted molar refractivity (Wildman–Crippen MR) is 128 cm³/mol. The van der Waals surface area contributed by atoms with E-state index in [4.69, 9.17) is 5.11 Å². The number of carboxylic acids is 1. The van der Waals surface area contributed by atoms with Crippen LogP contribution >= 0.6 is 0 Å². The molecule has 1 rings (SSSR count). The summed E-state index contributed by atoms with van der Waals surface area (Å²) in [4.78, 5) is 15.1. The maximum Gasteiger partial charge on any atom is 0.362 e. The first kappa shape index (κ1) is 25.8. The Morgan fingerprint density at radius 3 is 2.57 bits per heavy atom. The molecular formula is C26H41N2O2+. The van der Waals surface area contributed by atoms with Crippen molar-refractivity contribution in [3.8, 4) is 0 Å². The van der Waals surface area contributed by atoms with E-state index in [2.05, 4.69) is 75.7 Å². The highest BCUT2D eigenvalue weighted by molar-refractivity contribution is 5.72. The number of hydrogen-bond acceptors (Lipinski definition) is 2. The number of quaternary nitrogens is 1. The first-order valence-electron chi connectivity index (χ1n) is 11.1. The van der Waals surface area contributed by atoms with Crippen LogP contribution in [0.1, 0.15) is 73.1 Å². The third-order valence-electron chi connectivity index (χ3n) is 5.66. The van der Waals surface area contributed by atoms with Gasteiger partial charge in [0, 0.05) is 19.2 Å². The molecule has 0 fully saturated rings. The number of aliphatic carboxylic acids is 1. The Hall–Kier alpha value is -2.20. The van der Waals surface area contributed by atoms with Crippen molar-refractivity contribution in [3.63, 3.8) is 0 Å². The summed E-state index contributed by atoms with van der Waals surface area (Å²) < 4.78 is 0. The quantitative estimate of drug-likeness (QED) is 0.268. The summed E-state index contributed by atoms with van der Waals surface area (Å²) in [5.41, 5.74) is 9.28. The largest absolute Gasteiger partial charge is 0.477 e. The van der Waals surface area contributed by atoms with Crippen molar-refractivity contribution in [2.45, 2.75) is 79.2 Å². The van der Waals surface area contributed by atoms with E-state index >= 15 is 0 Å². The molecule has 4 heteroatoms. The molecule has 166 valence electrons. The molecule has 30 heavy (non-hydrogen) atoms. The Morgan fingerprint density at radius 2 is 1.90 bits per heavy atom. The minimum Gasteiger partial charge on any atom is -0.477 e. The molecule has 0 radical (unpaired) electrons. The van der Waals surface area contributed by atoms with E-state index in [1.807, 2.05) is 12.3 Å². The number of aliphatic imine (C=N–C) groups is 1. The molecule has 0 aromatic heterocycles. The fourth-order valence-electron chi connectivity index (χ4n) is 3.65. The highest BCUT2D eigenvalue weighted by atomic mass is 16.4. The SMILES string of the molecule is CC1=C(/C=C/C(C)=C/C=C/C(C)=C\C=NCCCC[C@H]([NH3+])C(=O)O)C(C)(C)CCC1. The van der Waals surface area contributed by atoms with Gasteiger partial charge in [0.15, 0.2) is 6.04 Å². The van der Waals surface area contributed by atoms with Crippen LogP contribution in [0.25, 0.3) is 0 Å². The molecule has 1 atom stereocenters. The first-order chi connectivity index (χ1) is 14.1. The van der Waals surface area contributed by atoms with Gasteiger partial charge in [-0.3, -0.25) is 4.99 Å². The number of carbonyl (C=O) groups is 1. The molecule has 0 aromatic rings. The zero-order valence-corrected chi connectivity index (χ0v) is 19.6. The third-order valence-corrected chi connectivity index (χ3v) is 5.66. The van der Waals surface area contributed by atoms with Gasteiger partial charge in [-0.05, 0) is 75.5 Å². The van der Waals surface area contributed by atoms with E-state index in [1.54, 1.807) is 0 Å². The number of allylic oxidation sites excluding steroid dienone is 10. The van der Waals surface area contributed by atoms with Gasteiger partial charge in [-0.15, -0.1) is 0 Å². The highest BCUT2D eigenvalue weighted by Gasteiger charge is 2.26. The van der Waals surface area contributed by atoms with Crippen molar-refractivity contribution in [3.05, 3.63) is 58.7 Å². The molecule has 1 aliphatic carbocycles. The summed E-state index contributed by atoms with van der Waals surface area (Å²) in [6.07, 6.45) is 20.7. The van der Waals surface area contributed by atoms with E-state index in [1.165, 1.54) is 36.0 Å². The number of hydrogen-bond donors (Lipinski definition) is 2. The molecule has 0 saturated heterocycles. The van der Waals surface area contributed by atoms with Crippen molar-refractivity contribution in [1.29, 1.82) is 0 Å². The predicted octanol–water partition coefficient (Wildman–Crippen LogP) is 5.45. The smallest absolute Gasteiger partial charge is 0.362 e. The van der Waals surface area contributed by atoms with Crippen LogP contribution in [-0.2, 0) is 4.79 Å². The normalized spacial score (nSPS) is 19.4. The molecule has 0 amide bonds. The highest BCUT2D eigenvalue weighted by Crippen LogP contribution is 2.40. The average molecular weight is 414 g/mol. The van der Waals surface area contributed by atoms with E-state index in [-0.39, 0.29) is 5.41 Å². The van der Waals surface area contributed by atoms with E-state index in [0.717, 1.165) is 25.0 Å². The van der Waals surface area contributed by atoms with Crippen molar-refractivity contribution < 1.29 is 15.6 Å². The van der Waals surface area contributed by atoms with Gasteiger partial charge in [-0.2, -0.15) is 0 Å². The molecule has 0 spiro atoms. The van der Waals surface area contributed by atoms with E-state index in [9.17, 15) is 4.79 Å². The van der Waals surface area contributed by atoms with Crippen LogP contribution in [0.15, 0.2) is 63.7 Å². The van der Waals surface area contributed by atoms with Crippen molar-refractivity contribution in [2.75, 3.05) is 6.54 Å². The molecule has 0 saturated carbocycles. The molecule has 4 N–H and O–H groups in total. The molecular weight excluding hydrogens is 372 g/mol. The standard InChI is InChI=1S/C26H40N2O2/c1-20(14-15-23-22(3)12-9-17-26(23,4)5)10-8-11-21(2)16-19-28-18-7-6-13-24(27)25(29)30/h8,10-11,14-16,19,24H,6-7,9,12-13,17-18,27H2,1-5H3,(H,29,30)/p+1/b11-8+,15-14+,20-10+,21-16-,28-19?/t24-/m0/s1. The number of nitrogens with zero attached hydrogens (tertiary/aromatic N) is 1. The minimum atomic E-state index is -0.825. The Balaban J connectivity index is 2.45. The van der Waals surface area contributed by atoms with Gasteiger partial charge in [0.2, 0.25) is 0 Å². The zero-order chi connectivity index (χ0) is 22.6. The Kier molecular flexibility index (Phi) is 11.3. The molecule has 1 aliphatic rings. The van der Waals surface area contributed by atoms with Crippen LogP contribution in [0.5, 0.6) is 0 Å². The van der Waals surface area contributed by atoms with E-state index in [0.29, 0.717) is 6.42 Å². The van der Waals surface area contributed by atoms with Crippen LogP contribution in [-0.4, -0.2) is 29.9 Å². The lowest BCUT2D eigenvalue weighted by Crippen LogP contribution is -2.64. The second kappa shape index (κ2) is 13.2. The molecule has 0 bridgehead atoms. The molecule has 4 nitrogen and oxygen atoms in total. The van der Waals surface area contributed by atoms with Gasteiger partial charge in [0.05, 0.1) is 0 Å². The van der Waals surface area contributed by atoms with Crippen molar-refractivity contribution >= 4 is 12.2 Å². The Bertz CT molecular complexity index is 749. The van der Waals surface area contributed by atoms with Gasteiger partial charge in [0.25, 0.3) is 0 Å².